The first-order valence-electron chi connectivity index (χ1n) is 9.59. The van der Waals surface area contributed by atoms with Gasteiger partial charge in [0.15, 0.2) is 0 Å². The van der Waals surface area contributed by atoms with E-state index in [9.17, 15) is 8.42 Å². The number of methoxy groups -OCH3 is 1. The summed E-state index contributed by atoms with van der Waals surface area (Å²) >= 11 is 0. The maximum atomic E-state index is 12.7. The van der Waals surface area contributed by atoms with E-state index in [2.05, 4.69) is 22.6 Å². The van der Waals surface area contributed by atoms with Crippen LogP contribution in [0.1, 0.15) is 38.2 Å². The molecule has 0 aromatic heterocycles. The Morgan fingerprint density at radius 3 is 2.69 bits per heavy atom. The van der Waals surface area contributed by atoms with Crippen LogP contribution in [0.5, 0.6) is 5.75 Å². The summed E-state index contributed by atoms with van der Waals surface area (Å²) in [5.74, 6) is 1.48. The topological polar surface area (TPSA) is 61.9 Å². The molecule has 0 amide bonds. The van der Waals surface area contributed by atoms with Gasteiger partial charge in [-0.05, 0) is 55.8 Å². The zero-order valence-electron chi connectivity index (χ0n) is 15.9. The minimum atomic E-state index is -3.38. The molecule has 1 atom stereocenters. The van der Waals surface area contributed by atoms with Gasteiger partial charge in [-0.25, -0.2) is 0 Å². The lowest BCUT2D eigenvalue weighted by Crippen LogP contribution is -2.52. The Bertz CT molecular complexity index is 687. The second kappa shape index (κ2) is 8.69. The molecular weight excluding hydrogens is 350 g/mol. The highest BCUT2D eigenvalue weighted by molar-refractivity contribution is 7.87. The van der Waals surface area contributed by atoms with E-state index < -0.39 is 10.2 Å². The molecule has 0 aliphatic carbocycles. The Morgan fingerprint density at radius 2 is 1.96 bits per heavy atom. The second-order valence-electron chi connectivity index (χ2n) is 7.63. The van der Waals surface area contributed by atoms with Gasteiger partial charge in [0, 0.05) is 32.2 Å². The van der Waals surface area contributed by atoms with E-state index in [1.165, 1.54) is 5.56 Å². The van der Waals surface area contributed by atoms with Crippen molar-refractivity contribution in [1.29, 1.82) is 0 Å². The Balaban J connectivity index is 1.56. The van der Waals surface area contributed by atoms with Crippen molar-refractivity contribution in [2.45, 2.75) is 45.2 Å². The van der Waals surface area contributed by atoms with Crippen LogP contribution in [0.25, 0.3) is 0 Å². The van der Waals surface area contributed by atoms with Gasteiger partial charge in [0.25, 0.3) is 10.2 Å². The molecule has 2 heterocycles. The van der Waals surface area contributed by atoms with Gasteiger partial charge < -0.3 is 4.74 Å². The van der Waals surface area contributed by atoms with Crippen LogP contribution >= 0.6 is 0 Å². The number of rotatable bonds is 6. The summed E-state index contributed by atoms with van der Waals surface area (Å²) in [7, 11) is -1.70. The Hall–Kier alpha value is -1.15. The monoisotopic (exact) mass is 381 g/mol. The fourth-order valence-electron chi connectivity index (χ4n) is 3.83. The summed E-state index contributed by atoms with van der Waals surface area (Å²) < 4.78 is 35.2. The average Bonchev–Trinajstić information content (AvgIpc) is 2.62. The van der Waals surface area contributed by atoms with Crippen LogP contribution in [0.4, 0.5) is 0 Å². The number of ether oxygens (including phenoxy) is 1. The molecule has 3 rings (SSSR count). The lowest BCUT2D eigenvalue weighted by atomic mass is 10.0. The number of piperidine rings is 2. The predicted molar refractivity (Wildman–Crippen MR) is 103 cm³/mol. The normalized spacial score (nSPS) is 23.8. The molecule has 0 radical (unpaired) electrons. The van der Waals surface area contributed by atoms with Gasteiger partial charge in [-0.2, -0.15) is 17.4 Å². The van der Waals surface area contributed by atoms with Crippen LogP contribution < -0.4 is 9.46 Å². The second-order valence-corrected chi connectivity index (χ2v) is 9.33. The van der Waals surface area contributed by atoms with E-state index in [4.69, 9.17) is 4.74 Å². The van der Waals surface area contributed by atoms with Gasteiger partial charge in [0.1, 0.15) is 5.75 Å². The van der Waals surface area contributed by atoms with E-state index in [0.717, 1.165) is 51.1 Å². The van der Waals surface area contributed by atoms with Gasteiger partial charge in [-0.15, -0.1) is 0 Å². The number of benzene rings is 1. The third-order valence-corrected chi connectivity index (χ3v) is 7.12. The van der Waals surface area contributed by atoms with Gasteiger partial charge in [0.2, 0.25) is 0 Å². The van der Waals surface area contributed by atoms with Crippen LogP contribution in [-0.4, -0.2) is 57.0 Å². The number of likely N-dealkylation sites (tertiary alicyclic amines) is 1. The maximum Gasteiger partial charge on any atom is 0.279 e. The maximum absolute atomic E-state index is 12.7. The first-order chi connectivity index (χ1) is 12.5. The van der Waals surface area contributed by atoms with Crippen molar-refractivity contribution < 1.29 is 13.2 Å². The molecule has 0 spiro atoms. The van der Waals surface area contributed by atoms with Crippen molar-refractivity contribution in [3.63, 3.8) is 0 Å². The Kier molecular flexibility index (Phi) is 6.55. The summed E-state index contributed by atoms with van der Waals surface area (Å²) in [5.41, 5.74) is 1.19. The number of nitrogens with zero attached hydrogens (tertiary/aromatic N) is 2. The molecule has 7 heteroatoms. The third-order valence-electron chi connectivity index (χ3n) is 5.44. The summed E-state index contributed by atoms with van der Waals surface area (Å²) in [6.07, 6.45) is 3.81. The zero-order chi connectivity index (χ0) is 18.6. The highest BCUT2D eigenvalue weighted by Gasteiger charge is 2.30. The van der Waals surface area contributed by atoms with Crippen molar-refractivity contribution in [2.75, 3.05) is 33.3 Å². The van der Waals surface area contributed by atoms with E-state index in [1.807, 2.05) is 18.2 Å². The molecule has 2 saturated heterocycles. The van der Waals surface area contributed by atoms with Crippen molar-refractivity contribution in [3.05, 3.63) is 29.8 Å². The first-order valence-corrected chi connectivity index (χ1v) is 11.0. The molecule has 2 fully saturated rings. The molecule has 1 aromatic rings. The molecule has 0 saturated carbocycles. The standard InChI is InChI=1S/C19H31N3O3S/c1-16-8-11-22(12-9-16)26(23,24)20-18-6-4-10-21(15-18)14-17-5-3-7-19(13-17)25-2/h3,5,7,13,16,18,20H,4,6,8-12,14-15H2,1-2H3/t18-/m0/s1. The molecule has 1 N–H and O–H groups in total. The molecular formula is C19H31N3O3S. The van der Waals surface area contributed by atoms with Crippen LogP contribution in [0.3, 0.4) is 0 Å². The van der Waals surface area contributed by atoms with Crippen molar-refractivity contribution in [2.24, 2.45) is 5.92 Å². The Labute approximate surface area is 157 Å². The van der Waals surface area contributed by atoms with Crippen molar-refractivity contribution >= 4 is 10.2 Å². The van der Waals surface area contributed by atoms with E-state index in [-0.39, 0.29) is 6.04 Å². The quantitative estimate of drug-likeness (QED) is 0.821. The third kappa shape index (κ3) is 5.19. The number of nitrogens with one attached hydrogen (secondary N) is 1. The number of hydrogen-bond donors (Lipinski definition) is 1. The lowest BCUT2D eigenvalue weighted by Gasteiger charge is -2.35. The van der Waals surface area contributed by atoms with Gasteiger partial charge in [-0.3, -0.25) is 4.90 Å². The fraction of sp³-hybridized carbons (Fsp3) is 0.684. The molecule has 2 aliphatic heterocycles. The molecule has 2 aliphatic rings. The van der Waals surface area contributed by atoms with Crippen LogP contribution in [-0.2, 0) is 16.8 Å². The SMILES string of the molecule is COc1cccc(CN2CCC[C@H](NS(=O)(=O)N3CCC(C)CC3)C2)c1. The molecule has 26 heavy (non-hydrogen) atoms. The van der Waals surface area contributed by atoms with E-state index in [1.54, 1.807) is 11.4 Å². The Morgan fingerprint density at radius 1 is 1.19 bits per heavy atom. The minimum absolute atomic E-state index is 0.0151. The van der Waals surface area contributed by atoms with Crippen LogP contribution in [0.2, 0.25) is 0 Å². The average molecular weight is 382 g/mol. The highest BCUT2D eigenvalue weighted by Crippen LogP contribution is 2.21. The predicted octanol–water partition coefficient (Wildman–Crippen LogP) is 2.23. The first kappa shape index (κ1) is 19.6. The zero-order valence-corrected chi connectivity index (χ0v) is 16.7. The molecule has 1 aromatic carbocycles. The van der Waals surface area contributed by atoms with Crippen molar-refractivity contribution in [1.82, 2.24) is 13.9 Å². The van der Waals surface area contributed by atoms with Gasteiger partial charge >= 0.3 is 0 Å². The number of hydrogen-bond acceptors (Lipinski definition) is 4. The minimum Gasteiger partial charge on any atom is -0.497 e. The summed E-state index contributed by atoms with van der Waals surface area (Å²) in [4.78, 5) is 2.32. The molecule has 6 nitrogen and oxygen atoms in total. The summed E-state index contributed by atoms with van der Waals surface area (Å²) in [5, 5.41) is 0. The molecule has 0 bridgehead atoms. The van der Waals surface area contributed by atoms with Crippen LogP contribution in [0.15, 0.2) is 24.3 Å². The smallest absolute Gasteiger partial charge is 0.279 e. The summed E-state index contributed by atoms with van der Waals surface area (Å²) in [6, 6.07) is 8.05. The van der Waals surface area contributed by atoms with E-state index >= 15 is 0 Å². The van der Waals surface area contributed by atoms with Crippen molar-refractivity contribution in [3.8, 4) is 5.75 Å². The molecule has 146 valence electrons. The largest absolute Gasteiger partial charge is 0.497 e. The summed E-state index contributed by atoms with van der Waals surface area (Å²) in [6.45, 7) is 6.02. The van der Waals surface area contributed by atoms with Gasteiger partial charge in [-0.1, -0.05) is 19.1 Å². The van der Waals surface area contributed by atoms with Gasteiger partial charge in [0.05, 0.1) is 7.11 Å². The fourth-order valence-corrected chi connectivity index (χ4v) is 5.29. The van der Waals surface area contributed by atoms with Crippen LogP contribution in [0, 0.1) is 5.92 Å². The highest BCUT2D eigenvalue weighted by atomic mass is 32.2. The molecule has 0 unspecified atom stereocenters. The van der Waals surface area contributed by atoms with E-state index in [0.29, 0.717) is 19.0 Å². The lowest BCUT2D eigenvalue weighted by molar-refractivity contribution is 0.191.